The summed E-state index contributed by atoms with van der Waals surface area (Å²) in [6.07, 6.45) is 4.04. The van der Waals surface area contributed by atoms with Crippen molar-refractivity contribution in [3.8, 4) is 0 Å². The molecule has 3 heteroatoms. The lowest BCUT2D eigenvalue weighted by Gasteiger charge is -2.34. The minimum absolute atomic E-state index is 0.114. The summed E-state index contributed by atoms with van der Waals surface area (Å²) in [6.45, 7) is 13.0. The first-order valence-electron chi connectivity index (χ1n) is 7.20. The molecule has 0 aromatic rings. The Labute approximate surface area is 112 Å². The van der Waals surface area contributed by atoms with Gasteiger partial charge in [-0.05, 0) is 57.5 Å². The van der Waals surface area contributed by atoms with Crippen LogP contribution in [0.2, 0.25) is 0 Å². The first-order valence-corrected chi connectivity index (χ1v) is 7.20. The van der Waals surface area contributed by atoms with Crippen LogP contribution in [-0.2, 0) is 4.79 Å². The van der Waals surface area contributed by atoms with E-state index in [1.807, 2.05) is 0 Å². The second kappa shape index (κ2) is 6.05. The number of nitrogens with one attached hydrogen (secondary N) is 2. The standard InChI is InChI=1S/C15H30N2O/c1-14(2,3)11-15(4,5)17-13(18)9-12-7-6-8-16-10-12/h12,16H,6-11H2,1-5H3,(H,17,18). The zero-order valence-electron chi connectivity index (χ0n) is 12.7. The molecule has 2 N–H and O–H groups in total. The molecule has 1 heterocycles. The van der Waals surface area contributed by atoms with Gasteiger partial charge in [-0.25, -0.2) is 0 Å². The lowest BCUT2D eigenvalue weighted by Crippen LogP contribution is -2.47. The van der Waals surface area contributed by atoms with Gasteiger partial charge in [-0.3, -0.25) is 4.79 Å². The second-order valence-electron chi connectivity index (χ2n) is 7.59. The Bertz CT molecular complexity index is 273. The van der Waals surface area contributed by atoms with E-state index in [4.69, 9.17) is 0 Å². The Hall–Kier alpha value is -0.570. The van der Waals surface area contributed by atoms with Crippen molar-refractivity contribution in [2.75, 3.05) is 13.1 Å². The molecule has 1 aliphatic rings. The normalized spacial score (nSPS) is 21.7. The van der Waals surface area contributed by atoms with E-state index in [1.165, 1.54) is 12.8 Å². The molecule has 0 saturated carbocycles. The van der Waals surface area contributed by atoms with Crippen molar-refractivity contribution in [1.82, 2.24) is 10.6 Å². The van der Waals surface area contributed by atoms with Gasteiger partial charge in [0, 0.05) is 12.0 Å². The molecule has 106 valence electrons. The molecule has 1 rings (SSSR count). The molecule has 3 nitrogen and oxygen atoms in total. The fraction of sp³-hybridized carbons (Fsp3) is 0.933. The van der Waals surface area contributed by atoms with Crippen molar-refractivity contribution >= 4 is 5.91 Å². The van der Waals surface area contributed by atoms with Gasteiger partial charge in [0.1, 0.15) is 0 Å². The molecule has 1 fully saturated rings. The van der Waals surface area contributed by atoms with E-state index >= 15 is 0 Å². The quantitative estimate of drug-likeness (QED) is 0.810. The van der Waals surface area contributed by atoms with Crippen LogP contribution in [0.25, 0.3) is 0 Å². The molecular formula is C15H30N2O. The SMILES string of the molecule is CC(C)(C)CC(C)(C)NC(=O)CC1CCCNC1. The van der Waals surface area contributed by atoms with Gasteiger partial charge in [-0.1, -0.05) is 20.8 Å². The van der Waals surface area contributed by atoms with Crippen molar-refractivity contribution in [3.63, 3.8) is 0 Å². The summed E-state index contributed by atoms with van der Waals surface area (Å²) in [7, 11) is 0. The first kappa shape index (κ1) is 15.5. The second-order valence-corrected chi connectivity index (χ2v) is 7.59. The van der Waals surface area contributed by atoms with Crippen LogP contribution >= 0.6 is 0 Å². The Morgan fingerprint density at radius 1 is 1.28 bits per heavy atom. The van der Waals surface area contributed by atoms with E-state index in [9.17, 15) is 4.79 Å². The summed E-state index contributed by atoms with van der Waals surface area (Å²) < 4.78 is 0. The van der Waals surface area contributed by atoms with E-state index in [2.05, 4.69) is 45.3 Å². The van der Waals surface area contributed by atoms with Gasteiger partial charge in [0.25, 0.3) is 0 Å². The third-order valence-corrected chi connectivity index (χ3v) is 3.32. The van der Waals surface area contributed by atoms with Gasteiger partial charge in [0.2, 0.25) is 5.91 Å². The Balaban J connectivity index is 2.38. The highest BCUT2D eigenvalue weighted by Gasteiger charge is 2.27. The van der Waals surface area contributed by atoms with Crippen LogP contribution < -0.4 is 10.6 Å². The van der Waals surface area contributed by atoms with E-state index in [1.54, 1.807) is 0 Å². The summed E-state index contributed by atoms with van der Waals surface area (Å²) in [4.78, 5) is 12.1. The summed E-state index contributed by atoms with van der Waals surface area (Å²) in [5.74, 6) is 0.724. The number of amides is 1. The average molecular weight is 254 g/mol. The average Bonchev–Trinajstić information content (AvgIpc) is 2.13. The molecule has 1 saturated heterocycles. The largest absolute Gasteiger partial charge is 0.351 e. The van der Waals surface area contributed by atoms with E-state index < -0.39 is 0 Å². The molecule has 1 unspecified atom stereocenters. The van der Waals surface area contributed by atoms with Gasteiger partial charge in [-0.2, -0.15) is 0 Å². The molecule has 0 radical (unpaired) electrons. The van der Waals surface area contributed by atoms with Crippen molar-refractivity contribution in [2.24, 2.45) is 11.3 Å². The summed E-state index contributed by atoms with van der Waals surface area (Å²) in [5, 5.41) is 6.55. The third-order valence-electron chi connectivity index (χ3n) is 3.32. The minimum Gasteiger partial charge on any atom is -0.351 e. The van der Waals surface area contributed by atoms with Crippen LogP contribution in [0.5, 0.6) is 0 Å². The van der Waals surface area contributed by atoms with Gasteiger partial charge >= 0.3 is 0 Å². The maximum atomic E-state index is 12.1. The highest BCUT2D eigenvalue weighted by Crippen LogP contribution is 2.27. The number of hydrogen-bond acceptors (Lipinski definition) is 2. The molecule has 18 heavy (non-hydrogen) atoms. The molecule has 1 amide bonds. The van der Waals surface area contributed by atoms with Crippen molar-refractivity contribution in [3.05, 3.63) is 0 Å². The highest BCUT2D eigenvalue weighted by atomic mass is 16.1. The van der Waals surface area contributed by atoms with Gasteiger partial charge in [-0.15, -0.1) is 0 Å². The summed E-state index contributed by atoms with van der Waals surface area (Å²) >= 11 is 0. The predicted octanol–water partition coefficient (Wildman–Crippen LogP) is 2.71. The van der Waals surface area contributed by atoms with Crippen LogP contribution in [0.3, 0.4) is 0 Å². The van der Waals surface area contributed by atoms with E-state index in [-0.39, 0.29) is 16.9 Å². The van der Waals surface area contributed by atoms with Gasteiger partial charge in [0.15, 0.2) is 0 Å². The topological polar surface area (TPSA) is 41.1 Å². The summed E-state index contributed by atoms with van der Waals surface area (Å²) in [6, 6.07) is 0. The van der Waals surface area contributed by atoms with Crippen LogP contribution in [0.1, 0.15) is 60.3 Å². The molecule has 1 aliphatic heterocycles. The number of carbonyl (C=O) groups excluding carboxylic acids is 1. The Morgan fingerprint density at radius 2 is 1.94 bits per heavy atom. The lowest BCUT2D eigenvalue weighted by molar-refractivity contribution is -0.124. The minimum atomic E-state index is -0.114. The number of carbonyl (C=O) groups is 1. The molecule has 0 spiro atoms. The van der Waals surface area contributed by atoms with Crippen LogP contribution in [0.15, 0.2) is 0 Å². The van der Waals surface area contributed by atoms with Crippen LogP contribution in [0, 0.1) is 11.3 Å². The van der Waals surface area contributed by atoms with Crippen LogP contribution in [0.4, 0.5) is 0 Å². The van der Waals surface area contributed by atoms with Crippen molar-refractivity contribution < 1.29 is 4.79 Å². The molecular weight excluding hydrogens is 224 g/mol. The van der Waals surface area contributed by atoms with Crippen molar-refractivity contribution in [1.29, 1.82) is 0 Å². The maximum absolute atomic E-state index is 12.1. The number of hydrogen-bond donors (Lipinski definition) is 2. The van der Waals surface area contributed by atoms with Gasteiger partial charge in [0.05, 0.1) is 0 Å². The Kier molecular flexibility index (Phi) is 5.20. The first-order chi connectivity index (χ1) is 8.18. The molecule has 1 atom stereocenters. The highest BCUT2D eigenvalue weighted by molar-refractivity contribution is 5.77. The number of rotatable bonds is 4. The molecule has 0 aromatic heterocycles. The smallest absolute Gasteiger partial charge is 0.220 e. The predicted molar refractivity (Wildman–Crippen MR) is 76.5 cm³/mol. The number of piperidine rings is 1. The molecule has 0 aliphatic carbocycles. The zero-order chi connectivity index (χ0) is 13.8. The fourth-order valence-corrected chi connectivity index (χ4v) is 3.16. The monoisotopic (exact) mass is 254 g/mol. The maximum Gasteiger partial charge on any atom is 0.220 e. The Morgan fingerprint density at radius 3 is 2.44 bits per heavy atom. The van der Waals surface area contributed by atoms with E-state index in [0.717, 1.165) is 19.5 Å². The van der Waals surface area contributed by atoms with Gasteiger partial charge < -0.3 is 10.6 Å². The van der Waals surface area contributed by atoms with Crippen molar-refractivity contribution in [2.45, 2.75) is 65.8 Å². The lowest BCUT2D eigenvalue weighted by atomic mass is 9.81. The summed E-state index contributed by atoms with van der Waals surface area (Å²) in [5.41, 5.74) is 0.126. The fourth-order valence-electron chi connectivity index (χ4n) is 3.16. The van der Waals surface area contributed by atoms with Crippen LogP contribution in [-0.4, -0.2) is 24.5 Å². The third kappa shape index (κ3) is 6.39. The van der Waals surface area contributed by atoms with E-state index in [0.29, 0.717) is 12.3 Å². The molecule has 0 aromatic carbocycles. The molecule has 0 bridgehead atoms. The zero-order valence-corrected chi connectivity index (χ0v) is 12.7.